The monoisotopic (exact) mass is 513 g/mol. The van der Waals surface area contributed by atoms with Gasteiger partial charge in [-0.25, -0.2) is 9.69 Å². The molecule has 1 aliphatic heterocycles. The molecule has 0 aromatic heterocycles. The molecule has 6 heteroatoms. The number of ether oxygens (including phenoxy) is 1. The Kier molecular flexibility index (Phi) is 5.30. The number of nitrogens with zero attached hydrogens (tertiary/aromatic N) is 1. The first-order valence-electron chi connectivity index (χ1n) is 13.0. The zero-order valence-corrected chi connectivity index (χ0v) is 20.8. The van der Waals surface area contributed by atoms with Crippen molar-refractivity contribution in [2.75, 3.05) is 11.5 Å². The number of esters is 1. The Morgan fingerprint density at radius 1 is 0.615 bits per heavy atom. The summed E-state index contributed by atoms with van der Waals surface area (Å²) in [5, 5.41) is 0. The van der Waals surface area contributed by atoms with Crippen LogP contribution in [0.2, 0.25) is 0 Å². The van der Waals surface area contributed by atoms with Crippen LogP contribution in [0.5, 0.6) is 0 Å². The van der Waals surface area contributed by atoms with Crippen LogP contribution in [0.1, 0.15) is 54.8 Å². The number of amides is 2. The highest BCUT2D eigenvalue weighted by molar-refractivity contribution is 6.23. The number of Topliss-reactive ketones (excluding diaryl/α,β-unsaturated/α-hetero) is 1. The minimum atomic E-state index is -0.697. The van der Waals surface area contributed by atoms with E-state index in [1.807, 2.05) is 24.3 Å². The molecule has 39 heavy (non-hydrogen) atoms. The summed E-state index contributed by atoms with van der Waals surface area (Å²) < 4.78 is 5.26. The Bertz CT molecular complexity index is 1560. The zero-order valence-electron chi connectivity index (χ0n) is 20.8. The second kappa shape index (κ2) is 8.88. The van der Waals surface area contributed by atoms with Crippen molar-refractivity contribution in [2.45, 2.75) is 11.8 Å². The zero-order chi connectivity index (χ0) is 26.7. The maximum Gasteiger partial charge on any atom is 0.338 e. The van der Waals surface area contributed by atoms with E-state index in [-0.39, 0.29) is 35.0 Å². The van der Waals surface area contributed by atoms with Crippen molar-refractivity contribution >= 4 is 29.3 Å². The summed E-state index contributed by atoms with van der Waals surface area (Å²) in [5.41, 5.74) is 5.36. The minimum absolute atomic E-state index is 0.165. The lowest BCUT2D eigenvalue weighted by molar-refractivity contribution is -0.122. The van der Waals surface area contributed by atoms with Crippen LogP contribution in [0.15, 0.2) is 103 Å². The predicted molar refractivity (Wildman–Crippen MR) is 144 cm³/mol. The first kappa shape index (κ1) is 23.3. The number of hydrogen-bond acceptors (Lipinski definition) is 5. The Morgan fingerprint density at radius 3 is 1.64 bits per heavy atom. The average Bonchev–Trinajstić information content (AvgIpc) is 3.26. The summed E-state index contributed by atoms with van der Waals surface area (Å²) in [7, 11) is 0. The molecule has 1 heterocycles. The highest BCUT2D eigenvalue weighted by Gasteiger charge is 2.61. The fraction of sp³-hybridized carbons (Fsp3) is 0.152. The highest BCUT2D eigenvalue weighted by Crippen LogP contribution is 2.61. The van der Waals surface area contributed by atoms with Gasteiger partial charge in [-0.3, -0.25) is 14.4 Å². The Morgan fingerprint density at radius 2 is 1.10 bits per heavy atom. The minimum Gasteiger partial charge on any atom is -0.454 e. The summed E-state index contributed by atoms with van der Waals surface area (Å²) in [6.07, 6.45) is 0. The molecule has 1 saturated heterocycles. The molecule has 8 rings (SSSR count). The van der Waals surface area contributed by atoms with Gasteiger partial charge in [-0.15, -0.1) is 0 Å². The summed E-state index contributed by atoms with van der Waals surface area (Å²) in [5.74, 6) is -2.95. The summed E-state index contributed by atoms with van der Waals surface area (Å²) in [4.78, 5) is 54.3. The van der Waals surface area contributed by atoms with Crippen molar-refractivity contribution in [1.82, 2.24) is 0 Å². The lowest BCUT2D eigenvalue weighted by Gasteiger charge is -2.45. The van der Waals surface area contributed by atoms with E-state index in [2.05, 4.69) is 24.3 Å². The van der Waals surface area contributed by atoms with Gasteiger partial charge in [0.25, 0.3) is 0 Å². The lowest BCUT2D eigenvalue weighted by atomic mass is 9.55. The molecule has 1 fully saturated rings. The number of benzene rings is 4. The van der Waals surface area contributed by atoms with E-state index in [0.717, 1.165) is 22.3 Å². The maximum absolute atomic E-state index is 14.0. The van der Waals surface area contributed by atoms with Gasteiger partial charge in [0.15, 0.2) is 12.4 Å². The molecule has 0 spiro atoms. The van der Waals surface area contributed by atoms with Crippen molar-refractivity contribution in [1.29, 1.82) is 0 Å². The molecule has 0 radical (unpaired) electrons. The fourth-order valence-corrected chi connectivity index (χ4v) is 6.63. The van der Waals surface area contributed by atoms with Gasteiger partial charge < -0.3 is 4.74 Å². The molecule has 0 saturated carbocycles. The van der Waals surface area contributed by atoms with E-state index in [1.54, 1.807) is 48.5 Å². The standard InChI is InChI=1S/C33H23NO5/c35-26(19-9-2-1-3-10-19)18-39-33(38)20-11-8-12-21(17-20)34-31(36)29-27-22-13-4-5-14-23(22)28(30(29)32(34)37)25-16-7-6-15-24(25)27/h1-17,27-30H,18H2/t27?,28?,29-,30-/m0/s1. The molecule has 2 atom stereocenters. The normalized spacial score (nSPS) is 22.2. The third kappa shape index (κ3) is 3.48. The molecule has 2 bridgehead atoms. The molecule has 0 N–H and O–H groups in total. The Balaban J connectivity index is 1.19. The molecule has 3 aliphatic carbocycles. The first-order valence-corrected chi connectivity index (χ1v) is 13.0. The SMILES string of the molecule is O=C(COC(=O)c1cccc(N2C(=O)[C@H]3C4c5ccccc5C(c5ccccc54)[C@@H]3C2=O)c1)c1ccccc1. The van der Waals surface area contributed by atoms with Gasteiger partial charge in [-0.1, -0.05) is 84.9 Å². The Labute approximate surface area is 224 Å². The van der Waals surface area contributed by atoms with Crippen molar-refractivity contribution in [3.63, 3.8) is 0 Å². The van der Waals surface area contributed by atoms with E-state index >= 15 is 0 Å². The number of carbonyl (C=O) groups excluding carboxylic acids is 4. The van der Waals surface area contributed by atoms with Crippen molar-refractivity contribution in [3.8, 4) is 0 Å². The van der Waals surface area contributed by atoms with Crippen molar-refractivity contribution in [3.05, 3.63) is 137 Å². The van der Waals surface area contributed by atoms with Crippen LogP contribution in [-0.2, 0) is 14.3 Å². The molecule has 4 aromatic rings. The summed E-state index contributed by atoms with van der Waals surface area (Å²) in [6.45, 7) is -0.404. The van der Waals surface area contributed by atoms with E-state index in [0.29, 0.717) is 11.3 Å². The molecule has 0 unspecified atom stereocenters. The number of ketones is 1. The fourth-order valence-electron chi connectivity index (χ4n) is 6.63. The van der Waals surface area contributed by atoms with Gasteiger partial charge in [0.2, 0.25) is 11.8 Å². The second-order valence-corrected chi connectivity index (χ2v) is 10.2. The van der Waals surface area contributed by atoms with Crippen LogP contribution in [0, 0.1) is 11.8 Å². The van der Waals surface area contributed by atoms with Crippen LogP contribution < -0.4 is 4.90 Å². The molecule has 4 aromatic carbocycles. The van der Waals surface area contributed by atoms with E-state index in [4.69, 9.17) is 4.74 Å². The van der Waals surface area contributed by atoms with Crippen LogP contribution >= 0.6 is 0 Å². The van der Waals surface area contributed by atoms with E-state index in [1.165, 1.54) is 11.0 Å². The third-order valence-corrected chi connectivity index (χ3v) is 8.22. The Hall–Kier alpha value is -4.84. The lowest BCUT2D eigenvalue weighted by Crippen LogP contribution is -2.41. The second-order valence-electron chi connectivity index (χ2n) is 10.2. The number of carbonyl (C=O) groups is 4. The molecule has 2 amide bonds. The van der Waals surface area contributed by atoms with Crippen LogP contribution in [0.25, 0.3) is 0 Å². The topological polar surface area (TPSA) is 80.8 Å². The maximum atomic E-state index is 14.0. The largest absolute Gasteiger partial charge is 0.454 e. The number of rotatable bonds is 5. The van der Waals surface area contributed by atoms with Crippen molar-refractivity contribution in [2.24, 2.45) is 11.8 Å². The van der Waals surface area contributed by atoms with Gasteiger partial charge in [-0.05, 0) is 40.5 Å². The first-order chi connectivity index (χ1) is 19.0. The summed E-state index contributed by atoms with van der Waals surface area (Å²) >= 11 is 0. The van der Waals surface area contributed by atoms with Gasteiger partial charge in [-0.2, -0.15) is 0 Å². The molecule has 190 valence electrons. The predicted octanol–water partition coefficient (Wildman–Crippen LogP) is 5.12. The average molecular weight is 514 g/mol. The quantitative estimate of drug-likeness (QED) is 0.210. The van der Waals surface area contributed by atoms with Gasteiger partial charge in [0.1, 0.15) is 0 Å². The van der Waals surface area contributed by atoms with Gasteiger partial charge in [0.05, 0.1) is 23.1 Å². The number of imide groups is 1. The molecule has 6 nitrogen and oxygen atoms in total. The molecular formula is C33H23NO5. The van der Waals surface area contributed by atoms with Gasteiger partial charge in [0, 0.05) is 17.4 Å². The van der Waals surface area contributed by atoms with Crippen LogP contribution in [0.3, 0.4) is 0 Å². The van der Waals surface area contributed by atoms with Crippen molar-refractivity contribution < 1.29 is 23.9 Å². The van der Waals surface area contributed by atoms with Crippen LogP contribution in [0.4, 0.5) is 5.69 Å². The van der Waals surface area contributed by atoms with Crippen LogP contribution in [-0.4, -0.2) is 30.2 Å². The third-order valence-electron chi connectivity index (χ3n) is 8.22. The van der Waals surface area contributed by atoms with E-state index in [9.17, 15) is 19.2 Å². The van der Waals surface area contributed by atoms with E-state index < -0.39 is 24.4 Å². The number of anilines is 1. The highest BCUT2D eigenvalue weighted by atomic mass is 16.5. The molecular weight excluding hydrogens is 490 g/mol. The van der Waals surface area contributed by atoms with Gasteiger partial charge >= 0.3 is 5.97 Å². The smallest absolute Gasteiger partial charge is 0.338 e. The summed E-state index contributed by atoms with van der Waals surface area (Å²) in [6, 6.07) is 31.1. The number of hydrogen-bond donors (Lipinski definition) is 0. The molecule has 4 aliphatic rings.